The summed E-state index contributed by atoms with van der Waals surface area (Å²) < 4.78 is 0. The minimum Gasteiger partial charge on any atom is -0.361 e. The van der Waals surface area contributed by atoms with Crippen LogP contribution in [0.5, 0.6) is 0 Å². The Kier molecular flexibility index (Phi) is 3.81. The average molecular weight is 225 g/mol. The van der Waals surface area contributed by atoms with Gasteiger partial charge in [-0.05, 0) is 37.3 Å². The van der Waals surface area contributed by atoms with Crippen molar-refractivity contribution in [2.75, 3.05) is 0 Å². The lowest BCUT2D eigenvalue weighted by Crippen LogP contribution is -1.90. The molecule has 1 aromatic heterocycles. The zero-order chi connectivity index (χ0) is 12.1. The lowest BCUT2D eigenvalue weighted by molar-refractivity contribution is 0.742. The molecule has 17 heavy (non-hydrogen) atoms. The summed E-state index contributed by atoms with van der Waals surface area (Å²) in [7, 11) is 0. The number of aromatic nitrogens is 1. The molecule has 0 bridgehead atoms. The van der Waals surface area contributed by atoms with Gasteiger partial charge >= 0.3 is 0 Å². The fraction of sp³-hybridized carbons (Fsp3) is 0.250. The van der Waals surface area contributed by atoms with E-state index in [0.29, 0.717) is 0 Å². The summed E-state index contributed by atoms with van der Waals surface area (Å²) in [4.78, 5) is 3.34. The Morgan fingerprint density at radius 1 is 1.06 bits per heavy atom. The van der Waals surface area contributed by atoms with E-state index in [0.717, 1.165) is 0 Å². The second-order valence-corrected chi connectivity index (χ2v) is 4.22. The molecule has 88 valence electrons. The summed E-state index contributed by atoms with van der Waals surface area (Å²) in [6, 6.07) is 8.54. The number of aromatic amines is 1. The maximum atomic E-state index is 3.34. The van der Waals surface area contributed by atoms with Gasteiger partial charge in [-0.2, -0.15) is 0 Å². The highest BCUT2D eigenvalue weighted by Crippen LogP contribution is 2.31. The van der Waals surface area contributed by atoms with Crippen molar-refractivity contribution in [1.29, 1.82) is 0 Å². The van der Waals surface area contributed by atoms with Crippen LogP contribution in [-0.2, 0) is 0 Å². The van der Waals surface area contributed by atoms with Gasteiger partial charge in [-0.15, -0.1) is 13.2 Å². The van der Waals surface area contributed by atoms with E-state index in [1.165, 1.54) is 47.7 Å². The van der Waals surface area contributed by atoms with Crippen LogP contribution in [0.1, 0.15) is 31.2 Å². The highest BCUT2D eigenvalue weighted by atomic mass is 14.7. The van der Waals surface area contributed by atoms with Crippen molar-refractivity contribution in [2.45, 2.75) is 25.7 Å². The van der Waals surface area contributed by atoms with Gasteiger partial charge in [0, 0.05) is 22.7 Å². The van der Waals surface area contributed by atoms with Crippen LogP contribution in [0.25, 0.3) is 16.5 Å². The zero-order valence-electron chi connectivity index (χ0n) is 10.2. The molecule has 1 nitrogen and oxygen atoms in total. The summed E-state index contributed by atoms with van der Waals surface area (Å²) in [5.74, 6) is 0. The van der Waals surface area contributed by atoms with Crippen molar-refractivity contribution >= 4 is 16.5 Å². The van der Waals surface area contributed by atoms with E-state index in [9.17, 15) is 0 Å². The summed E-state index contributed by atoms with van der Waals surface area (Å²) in [5.41, 5.74) is 4.18. The predicted octanol–water partition coefficient (Wildman–Crippen LogP) is 4.93. The molecule has 1 aliphatic carbocycles. The van der Waals surface area contributed by atoms with E-state index in [4.69, 9.17) is 0 Å². The highest BCUT2D eigenvalue weighted by molar-refractivity contribution is 5.92. The molecule has 1 aliphatic rings. The third-order valence-electron chi connectivity index (χ3n) is 3.23. The third kappa shape index (κ3) is 2.33. The van der Waals surface area contributed by atoms with Gasteiger partial charge in [0.2, 0.25) is 0 Å². The van der Waals surface area contributed by atoms with Gasteiger partial charge in [-0.1, -0.05) is 24.3 Å². The molecule has 3 rings (SSSR count). The number of rotatable bonds is 1. The molecule has 1 heteroatoms. The van der Waals surface area contributed by atoms with E-state index in [2.05, 4.69) is 54.7 Å². The van der Waals surface area contributed by atoms with E-state index >= 15 is 0 Å². The topological polar surface area (TPSA) is 15.8 Å². The molecule has 0 spiro atoms. The SMILES string of the molecule is C1=C(c2c[nH]c3ccccc23)CCCC1.C=C. The first-order chi connectivity index (χ1) is 8.45. The van der Waals surface area contributed by atoms with Crippen molar-refractivity contribution in [3.63, 3.8) is 0 Å². The number of hydrogen-bond donors (Lipinski definition) is 1. The molecule has 0 amide bonds. The van der Waals surface area contributed by atoms with Gasteiger partial charge in [0.1, 0.15) is 0 Å². The fourth-order valence-corrected chi connectivity index (χ4v) is 2.42. The predicted molar refractivity (Wildman–Crippen MR) is 76.0 cm³/mol. The van der Waals surface area contributed by atoms with Gasteiger partial charge in [-0.25, -0.2) is 0 Å². The lowest BCUT2D eigenvalue weighted by atomic mass is 9.93. The standard InChI is InChI=1S/C14H15N.C2H4/c1-2-6-11(7-3-1)13-10-15-14-9-5-4-8-12(13)14;1-2/h4-6,8-10,15H,1-3,7H2;1-2H2. The summed E-state index contributed by atoms with van der Waals surface area (Å²) in [6.45, 7) is 6.00. The molecule has 0 saturated carbocycles. The van der Waals surface area contributed by atoms with Crippen LogP contribution in [0.2, 0.25) is 0 Å². The van der Waals surface area contributed by atoms with Crippen LogP contribution in [0.15, 0.2) is 49.7 Å². The molecular weight excluding hydrogens is 206 g/mol. The van der Waals surface area contributed by atoms with Crippen LogP contribution in [0.4, 0.5) is 0 Å². The Bertz CT molecular complexity index is 519. The largest absolute Gasteiger partial charge is 0.361 e. The molecule has 2 aromatic rings. The van der Waals surface area contributed by atoms with Crippen LogP contribution in [0, 0.1) is 0 Å². The molecular formula is C16H19N. The summed E-state index contributed by atoms with van der Waals surface area (Å²) >= 11 is 0. The Labute approximate surface area is 103 Å². The number of hydrogen-bond acceptors (Lipinski definition) is 0. The van der Waals surface area contributed by atoms with Gasteiger partial charge in [0.25, 0.3) is 0 Å². The van der Waals surface area contributed by atoms with Crippen LogP contribution in [0.3, 0.4) is 0 Å². The molecule has 1 N–H and O–H groups in total. The molecule has 0 aliphatic heterocycles. The van der Waals surface area contributed by atoms with Gasteiger partial charge in [0.15, 0.2) is 0 Å². The first-order valence-corrected chi connectivity index (χ1v) is 6.21. The van der Waals surface area contributed by atoms with Crippen molar-refractivity contribution in [2.24, 2.45) is 0 Å². The van der Waals surface area contributed by atoms with E-state index in [1.54, 1.807) is 0 Å². The molecule has 0 saturated heterocycles. The van der Waals surface area contributed by atoms with Crippen molar-refractivity contribution in [3.8, 4) is 0 Å². The van der Waals surface area contributed by atoms with Crippen molar-refractivity contribution in [3.05, 3.63) is 55.3 Å². The van der Waals surface area contributed by atoms with Crippen molar-refractivity contribution in [1.82, 2.24) is 4.98 Å². The minimum atomic E-state index is 1.24. The van der Waals surface area contributed by atoms with Crippen LogP contribution >= 0.6 is 0 Å². The molecule has 0 unspecified atom stereocenters. The number of nitrogens with one attached hydrogen (secondary N) is 1. The monoisotopic (exact) mass is 225 g/mol. The first kappa shape index (κ1) is 11.7. The Morgan fingerprint density at radius 2 is 1.88 bits per heavy atom. The maximum absolute atomic E-state index is 3.34. The van der Waals surface area contributed by atoms with E-state index < -0.39 is 0 Å². The van der Waals surface area contributed by atoms with Gasteiger partial charge < -0.3 is 4.98 Å². The maximum Gasteiger partial charge on any atom is 0.0460 e. The second kappa shape index (κ2) is 5.53. The van der Waals surface area contributed by atoms with Gasteiger partial charge in [-0.3, -0.25) is 0 Å². The second-order valence-electron chi connectivity index (χ2n) is 4.22. The van der Waals surface area contributed by atoms with Crippen LogP contribution in [-0.4, -0.2) is 4.98 Å². The van der Waals surface area contributed by atoms with E-state index in [-0.39, 0.29) is 0 Å². The number of allylic oxidation sites excluding steroid dienone is 2. The van der Waals surface area contributed by atoms with Crippen LogP contribution < -0.4 is 0 Å². The van der Waals surface area contributed by atoms with E-state index in [1.807, 2.05) is 0 Å². The first-order valence-electron chi connectivity index (χ1n) is 6.21. The molecule has 0 atom stereocenters. The quantitative estimate of drug-likeness (QED) is 0.662. The normalized spacial score (nSPS) is 14.9. The van der Waals surface area contributed by atoms with Crippen molar-refractivity contribution < 1.29 is 0 Å². The Hall–Kier alpha value is -1.76. The number of benzene rings is 1. The molecule has 1 heterocycles. The smallest absolute Gasteiger partial charge is 0.0460 e. The third-order valence-corrected chi connectivity index (χ3v) is 3.23. The average Bonchev–Trinajstić information content (AvgIpc) is 2.86. The highest BCUT2D eigenvalue weighted by Gasteiger charge is 2.10. The lowest BCUT2D eigenvalue weighted by Gasteiger charge is -2.11. The number of fused-ring (bicyclic) bond motifs is 1. The molecule has 1 aromatic carbocycles. The zero-order valence-corrected chi connectivity index (χ0v) is 10.2. The molecule has 0 fully saturated rings. The summed E-state index contributed by atoms with van der Waals surface area (Å²) in [6.07, 6.45) is 9.73. The summed E-state index contributed by atoms with van der Waals surface area (Å²) in [5, 5.41) is 1.37. The molecule has 0 radical (unpaired) electrons. The number of para-hydroxylation sites is 1. The Balaban J connectivity index is 0.000000514. The fourth-order valence-electron chi connectivity index (χ4n) is 2.42. The minimum absolute atomic E-state index is 1.24. The number of H-pyrrole nitrogens is 1. The van der Waals surface area contributed by atoms with Gasteiger partial charge in [0.05, 0.1) is 0 Å². The Morgan fingerprint density at radius 3 is 2.65 bits per heavy atom.